The van der Waals surface area contributed by atoms with Gasteiger partial charge in [0.05, 0.1) is 0 Å². The van der Waals surface area contributed by atoms with Gasteiger partial charge in [-0.1, -0.05) is 120 Å². The highest BCUT2D eigenvalue weighted by Crippen LogP contribution is 2.41. The van der Waals surface area contributed by atoms with Crippen LogP contribution in [-0.2, 0) is 5.41 Å². The van der Waals surface area contributed by atoms with E-state index in [4.69, 9.17) is 0 Å². The summed E-state index contributed by atoms with van der Waals surface area (Å²) in [6.07, 6.45) is 7.87. The van der Waals surface area contributed by atoms with Crippen molar-refractivity contribution in [2.24, 2.45) is 0 Å². The largest absolute Gasteiger partial charge is 0.355 e. The average molecular weight is 428 g/mol. The molecule has 5 rings (SSSR count). The van der Waals surface area contributed by atoms with Gasteiger partial charge in [-0.2, -0.15) is 0 Å². The van der Waals surface area contributed by atoms with E-state index in [0.29, 0.717) is 0 Å². The van der Waals surface area contributed by atoms with Crippen molar-refractivity contribution in [3.8, 4) is 11.1 Å². The zero-order chi connectivity index (χ0) is 22.7. The van der Waals surface area contributed by atoms with Crippen molar-refractivity contribution >= 4 is 5.69 Å². The summed E-state index contributed by atoms with van der Waals surface area (Å²) < 4.78 is 0. The molecule has 4 aromatic carbocycles. The lowest BCUT2D eigenvalue weighted by molar-refractivity contribution is 0.643. The smallest absolute Gasteiger partial charge is 0.0463 e. The molecule has 0 aliphatic heterocycles. The third-order valence-electron chi connectivity index (χ3n) is 6.55. The first-order valence-electron chi connectivity index (χ1n) is 11.6. The summed E-state index contributed by atoms with van der Waals surface area (Å²) in [4.78, 5) is 0. The van der Waals surface area contributed by atoms with Crippen LogP contribution in [0.2, 0.25) is 0 Å². The Morgan fingerprint density at radius 1 is 0.667 bits per heavy atom. The quantitative estimate of drug-likeness (QED) is 0.338. The zero-order valence-corrected chi connectivity index (χ0v) is 19.3. The molecule has 0 saturated carbocycles. The molecule has 0 fully saturated rings. The third-order valence-corrected chi connectivity index (χ3v) is 6.55. The van der Waals surface area contributed by atoms with Gasteiger partial charge in [-0.3, -0.25) is 0 Å². The van der Waals surface area contributed by atoms with Crippen molar-refractivity contribution in [1.82, 2.24) is 0 Å². The van der Waals surface area contributed by atoms with Gasteiger partial charge in [-0.05, 0) is 49.1 Å². The van der Waals surface area contributed by atoms with Crippen LogP contribution in [0.3, 0.4) is 0 Å². The maximum absolute atomic E-state index is 3.69. The molecule has 1 nitrogen and oxygen atoms in total. The fraction of sp³-hybridized carbons (Fsp3) is 0.125. The highest BCUT2D eigenvalue weighted by molar-refractivity contribution is 5.79. The van der Waals surface area contributed by atoms with Gasteiger partial charge in [0.25, 0.3) is 0 Å². The number of allylic oxidation sites excluding steroid dienone is 3. The molecule has 1 aliphatic rings. The van der Waals surface area contributed by atoms with Crippen LogP contribution in [0.1, 0.15) is 28.7 Å². The van der Waals surface area contributed by atoms with Gasteiger partial charge in [-0.25, -0.2) is 0 Å². The maximum Gasteiger partial charge on any atom is 0.0463 e. The minimum atomic E-state index is -0.165. The molecule has 0 radical (unpaired) electrons. The Hall–Kier alpha value is -3.84. The second-order valence-corrected chi connectivity index (χ2v) is 8.94. The standard InChI is InChI=1S/C32H29N/c1-24-10-8-14-27(22-24)32(28-15-9-11-25(2)23-28)20-18-29(19-21-32)33-31-17-7-6-16-30(31)26-12-4-3-5-13-26/h3-20,22-23,33H,21H2,1-2H3. The van der Waals surface area contributed by atoms with Gasteiger partial charge in [0.2, 0.25) is 0 Å². The lowest BCUT2D eigenvalue weighted by Crippen LogP contribution is -2.27. The monoisotopic (exact) mass is 427 g/mol. The molecule has 0 bridgehead atoms. The highest BCUT2D eigenvalue weighted by Gasteiger charge is 2.33. The van der Waals surface area contributed by atoms with Gasteiger partial charge in [0, 0.05) is 22.4 Å². The molecule has 0 saturated heterocycles. The predicted octanol–water partition coefficient (Wildman–Crippen LogP) is 8.21. The van der Waals surface area contributed by atoms with E-state index in [1.807, 2.05) is 0 Å². The maximum atomic E-state index is 3.69. The van der Waals surface area contributed by atoms with Crippen molar-refractivity contribution in [3.63, 3.8) is 0 Å². The summed E-state index contributed by atoms with van der Waals surface area (Å²) in [5.74, 6) is 0. The Morgan fingerprint density at radius 3 is 1.91 bits per heavy atom. The molecule has 0 heterocycles. The van der Waals surface area contributed by atoms with Crippen LogP contribution in [0.4, 0.5) is 5.69 Å². The topological polar surface area (TPSA) is 12.0 Å². The van der Waals surface area contributed by atoms with Crippen LogP contribution < -0.4 is 5.32 Å². The lowest BCUT2D eigenvalue weighted by atomic mass is 9.69. The number of benzene rings is 4. The average Bonchev–Trinajstić information content (AvgIpc) is 2.85. The Labute approximate surface area is 197 Å². The summed E-state index contributed by atoms with van der Waals surface area (Å²) in [6.45, 7) is 4.34. The van der Waals surface area contributed by atoms with Gasteiger partial charge >= 0.3 is 0 Å². The van der Waals surface area contributed by atoms with Crippen LogP contribution in [0, 0.1) is 13.8 Å². The van der Waals surface area contributed by atoms with E-state index in [2.05, 4.69) is 141 Å². The number of anilines is 1. The molecule has 0 amide bonds. The van der Waals surface area contributed by atoms with Gasteiger partial charge < -0.3 is 5.32 Å². The van der Waals surface area contributed by atoms with E-state index in [1.54, 1.807) is 0 Å². The summed E-state index contributed by atoms with van der Waals surface area (Å²) >= 11 is 0. The minimum absolute atomic E-state index is 0.165. The van der Waals surface area contributed by atoms with E-state index in [1.165, 1.54) is 33.4 Å². The van der Waals surface area contributed by atoms with E-state index >= 15 is 0 Å². The van der Waals surface area contributed by atoms with Crippen LogP contribution >= 0.6 is 0 Å². The van der Waals surface area contributed by atoms with Gasteiger partial charge in [0.1, 0.15) is 0 Å². The van der Waals surface area contributed by atoms with Crippen molar-refractivity contribution in [3.05, 3.63) is 149 Å². The molecule has 162 valence electrons. The molecule has 0 atom stereocenters. The predicted molar refractivity (Wildman–Crippen MR) is 140 cm³/mol. The minimum Gasteiger partial charge on any atom is -0.355 e. The molecule has 0 unspecified atom stereocenters. The van der Waals surface area contributed by atoms with E-state index in [-0.39, 0.29) is 5.41 Å². The van der Waals surface area contributed by atoms with E-state index in [0.717, 1.165) is 17.8 Å². The summed E-state index contributed by atoms with van der Waals surface area (Å²) in [5.41, 5.74) is 9.77. The van der Waals surface area contributed by atoms with Crippen LogP contribution in [0.15, 0.2) is 127 Å². The molecular weight excluding hydrogens is 398 g/mol. The van der Waals surface area contributed by atoms with Crippen LogP contribution in [0.5, 0.6) is 0 Å². The van der Waals surface area contributed by atoms with E-state index in [9.17, 15) is 0 Å². The number of aryl methyl sites for hydroxylation is 2. The fourth-order valence-electron chi connectivity index (χ4n) is 4.79. The molecule has 1 heteroatoms. The van der Waals surface area contributed by atoms with Crippen molar-refractivity contribution in [2.45, 2.75) is 25.7 Å². The second kappa shape index (κ2) is 8.96. The Bertz CT molecular complexity index is 1280. The molecule has 33 heavy (non-hydrogen) atoms. The van der Waals surface area contributed by atoms with Crippen molar-refractivity contribution in [1.29, 1.82) is 0 Å². The van der Waals surface area contributed by atoms with Crippen molar-refractivity contribution < 1.29 is 0 Å². The van der Waals surface area contributed by atoms with E-state index < -0.39 is 0 Å². The highest BCUT2D eigenvalue weighted by atomic mass is 14.9. The fourth-order valence-corrected chi connectivity index (χ4v) is 4.79. The summed E-state index contributed by atoms with van der Waals surface area (Å²) in [6, 6.07) is 36.9. The third kappa shape index (κ3) is 4.27. The molecule has 4 aromatic rings. The van der Waals surface area contributed by atoms with Gasteiger partial charge in [-0.15, -0.1) is 0 Å². The zero-order valence-electron chi connectivity index (χ0n) is 19.3. The molecular formula is C32H29N. The van der Waals surface area contributed by atoms with Crippen molar-refractivity contribution in [2.75, 3.05) is 5.32 Å². The first-order valence-corrected chi connectivity index (χ1v) is 11.6. The normalized spacial score (nSPS) is 14.5. The SMILES string of the molecule is Cc1cccc(C2(c3cccc(C)c3)C=CC(Nc3ccccc3-c3ccccc3)=CC2)c1. The molecule has 0 aromatic heterocycles. The first-order chi connectivity index (χ1) is 16.1. The Kier molecular flexibility index (Phi) is 5.71. The number of hydrogen-bond donors (Lipinski definition) is 1. The number of hydrogen-bond acceptors (Lipinski definition) is 1. The second-order valence-electron chi connectivity index (χ2n) is 8.94. The summed E-state index contributed by atoms with van der Waals surface area (Å²) in [7, 11) is 0. The Balaban J connectivity index is 1.50. The molecule has 1 N–H and O–H groups in total. The van der Waals surface area contributed by atoms with Crippen LogP contribution in [0.25, 0.3) is 11.1 Å². The number of rotatable bonds is 5. The summed E-state index contributed by atoms with van der Waals surface area (Å²) in [5, 5.41) is 3.69. The number of para-hydroxylation sites is 1. The first kappa shape index (κ1) is 21.0. The molecule has 0 spiro atoms. The van der Waals surface area contributed by atoms with Gasteiger partial charge in [0.15, 0.2) is 0 Å². The Morgan fingerprint density at radius 2 is 1.30 bits per heavy atom. The molecule has 1 aliphatic carbocycles. The number of nitrogens with one attached hydrogen (secondary N) is 1. The lowest BCUT2D eigenvalue weighted by Gasteiger charge is -2.34. The van der Waals surface area contributed by atoms with Crippen LogP contribution in [-0.4, -0.2) is 0 Å².